The maximum Gasteiger partial charge on any atom is 0.323 e. The number of carbonyl (C=O) groups is 1. The van der Waals surface area contributed by atoms with Gasteiger partial charge in [-0.25, -0.2) is 0 Å². The van der Waals surface area contributed by atoms with Gasteiger partial charge in [-0.3, -0.25) is 9.69 Å². The molecule has 2 aliphatic rings. The Labute approximate surface area is 80.4 Å². The van der Waals surface area contributed by atoms with Gasteiger partial charge >= 0.3 is 5.97 Å². The van der Waals surface area contributed by atoms with Crippen molar-refractivity contribution in [3.63, 3.8) is 0 Å². The van der Waals surface area contributed by atoms with Crippen molar-refractivity contribution in [3.8, 4) is 0 Å². The standard InChI is InChI=1S/C8H13NO5/c10-3-1-2-9-4(3)6(11)7(12)5(9)8(13)14/h3-7,10-12H,1-2H2,(H,13,14)/t3?,4-,5+,6-,7-/m1/s1. The molecule has 6 nitrogen and oxygen atoms in total. The predicted octanol–water partition coefficient (Wildman–Crippen LogP) is -2.39. The molecule has 2 heterocycles. The zero-order chi connectivity index (χ0) is 10.5. The van der Waals surface area contributed by atoms with Crippen molar-refractivity contribution in [2.24, 2.45) is 0 Å². The lowest BCUT2D eigenvalue weighted by Crippen LogP contribution is -2.42. The zero-order valence-electron chi connectivity index (χ0n) is 7.45. The molecule has 2 aliphatic heterocycles. The first-order valence-electron chi connectivity index (χ1n) is 4.57. The predicted molar refractivity (Wildman–Crippen MR) is 44.6 cm³/mol. The second-order valence-electron chi connectivity index (χ2n) is 3.85. The van der Waals surface area contributed by atoms with Crippen molar-refractivity contribution >= 4 is 5.97 Å². The highest BCUT2D eigenvalue weighted by Crippen LogP contribution is 2.33. The van der Waals surface area contributed by atoms with Crippen molar-refractivity contribution < 1.29 is 25.2 Å². The summed E-state index contributed by atoms with van der Waals surface area (Å²) in [5.74, 6) is -1.16. The molecule has 0 aromatic rings. The van der Waals surface area contributed by atoms with E-state index in [2.05, 4.69) is 0 Å². The van der Waals surface area contributed by atoms with Crippen LogP contribution < -0.4 is 0 Å². The lowest BCUT2D eigenvalue weighted by Gasteiger charge is -2.20. The van der Waals surface area contributed by atoms with E-state index in [9.17, 15) is 20.1 Å². The van der Waals surface area contributed by atoms with Crippen molar-refractivity contribution in [1.82, 2.24) is 4.90 Å². The number of hydrogen-bond acceptors (Lipinski definition) is 5. The molecule has 2 rings (SSSR count). The molecule has 2 fully saturated rings. The Morgan fingerprint density at radius 2 is 1.86 bits per heavy atom. The fourth-order valence-corrected chi connectivity index (χ4v) is 2.44. The van der Waals surface area contributed by atoms with Gasteiger partial charge in [0.1, 0.15) is 18.2 Å². The van der Waals surface area contributed by atoms with Gasteiger partial charge in [0.15, 0.2) is 0 Å². The van der Waals surface area contributed by atoms with E-state index in [1.165, 1.54) is 4.90 Å². The van der Waals surface area contributed by atoms with Crippen LogP contribution in [-0.2, 0) is 4.79 Å². The summed E-state index contributed by atoms with van der Waals surface area (Å²) >= 11 is 0. The third-order valence-electron chi connectivity index (χ3n) is 3.09. The highest BCUT2D eigenvalue weighted by molar-refractivity contribution is 5.75. The van der Waals surface area contributed by atoms with Crippen molar-refractivity contribution in [2.45, 2.75) is 36.8 Å². The highest BCUT2D eigenvalue weighted by Gasteiger charge is 2.55. The Kier molecular flexibility index (Phi) is 2.23. The minimum absolute atomic E-state index is 0.400. The summed E-state index contributed by atoms with van der Waals surface area (Å²) in [5, 5.41) is 37.3. The fraction of sp³-hybridized carbons (Fsp3) is 0.875. The molecule has 6 heteroatoms. The van der Waals surface area contributed by atoms with E-state index >= 15 is 0 Å². The molecule has 1 unspecified atom stereocenters. The van der Waals surface area contributed by atoms with Crippen LogP contribution in [0.3, 0.4) is 0 Å². The Hall–Kier alpha value is -0.690. The van der Waals surface area contributed by atoms with Crippen LogP contribution in [0.2, 0.25) is 0 Å². The molecule has 2 saturated heterocycles. The topological polar surface area (TPSA) is 101 Å². The number of carboxylic acids is 1. The molecule has 0 saturated carbocycles. The minimum atomic E-state index is -1.31. The summed E-state index contributed by atoms with van der Waals surface area (Å²) in [5.41, 5.74) is 0. The van der Waals surface area contributed by atoms with Crippen LogP contribution in [0.5, 0.6) is 0 Å². The van der Waals surface area contributed by atoms with Crippen LogP contribution in [0.4, 0.5) is 0 Å². The van der Waals surface area contributed by atoms with Gasteiger partial charge in [0, 0.05) is 6.54 Å². The number of nitrogens with zero attached hydrogens (tertiary/aromatic N) is 1. The zero-order valence-corrected chi connectivity index (χ0v) is 7.45. The van der Waals surface area contributed by atoms with Crippen molar-refractivity contribution in [1.29, 1.82) is 0 Å². The number of aliphatic hydroxyl groups excluding tert-OH is 3. The summed E-state index contributed by atoms with van der Waals surface area (Å²) in [6.45, 7) is 0.400. The molecule has 0 aromatic carbocycles. The van der Waals surface area contributed by atoms with Crippen LogP contribution in [0.15, 0.2) is 0 Å². The van der Waals surface area contributed by atoms with E-state index in [0.717, 1.165) is 0 Å². The number of rotatable bonds is 1. The molecule has 0 spiro atoms. The molecule has 4 N–H and O–H groups in total. The van der Waals surface area contributed by atoms with Crippen LogP contribution in [0.25, 0.3) is 0 Å². The lowest BCUT2D eigenvalue weighted by atomic mass is 10.0. The molecule has 0 radical (unpaired) electrons. The molecular formula is C8H13NO5. The van der Waals surface area contributed by atoms with Crippen LogP contribution >= 0.6 is 0 Å². The minimum Gasteiger partial charge on any atom is -0.480 e. The molecule has 0 bridgehead atoms. The van der Waals surface area contributed by atoms with Gasteiger partial charge in [-0.2, -0.15) is 0 Å². The summed E-state index contributed by atoms with van der Waals surface area (Å²) in [6.07, 6.45) is -2.79. The SMILES string of the molecule is O=C(O)[C@@H]1[C@@H](O)[C@H](O)[C@H]2C(O)CCN12. The molecule has 0 aliphatic carbocycles. The maximum atomic E-state index is 10.8. The molecule has 0 amide bonds. The van der Waals surface area contributed by atoms with Crippen molar-refractivity contribution in [3.05, 3.63) is 0 Å². The Morgan fingerprint density at radius 1 is 1.21 bits per heavy atom. The van der Waals surface area contributed by atoms with E-state index in [1.807, 2.05) is 0 Å². The van der Waals surface area contributed by atoms with Crippen LogP contribution in [0.1, 0.15) is 6.42 Å². The van der Waals surface area contributed by atoms with Crippen LogP contribution in [0, 0.1) is 0 Å². The summed E-state index contributed by atoms with van der Waals surface area (Å²) in [6, 6.07) is -1.72. The van der Waals surface area contributed by atoms with Gasteiger partial charge < -0.3 is 20.4 Å². The third kappa shape index (κ3) is 1.15. The summed E-state index contributed by atoms with van der Waals surface area (Å²) in [7, 11) is 0. The van der Waals surface area contributed by atoms with Crippen molar-refractivity contribution in [2.75, 3.05) is 6.54 Å². The first kappa shape index (κ1) is 9.85. The van der Waals surface area contributed by atoms with E-state index in [1.54, 1.807) is 0 Å². The second kappa shape index (κ2) is 3.16. The largest absolute Gasteiger partial charge is 0.480 e. The van der Waals surface area contributed by atoms with Gasteiger partial charge in [-0.15, -0.1) is 0 Å². The molecular weight excluding hydrogens is 190 g/mol. The van der Waals surface area contributed by atoms with E-state index in [0.29, 0.717) is 13.0 Å². The van der Waals surface area contributed by atoms with Crippen LogP contribution in [-0.4, -0.2) is 68.2 Å². The van der Waals surface area contributed by atoms with Gasteiger partial charge in [0.05, 0.1) is 12.1 Å². The van der Waals surface area contributed by atoms with Gasteiger partial charge in [-0.1, -0.05) is 0 Å². The summed E-state index contributed by atoms with van der Waals surface area (Å²) < 4.78 is 0. The van der Waals surface area contributed by atoms with Gasteiger partial charge in [0.2, 0.25) is 0 Å². The Balaban J connectivity index is 2.26. The lowest BCUT2D eigenvalue weighted by molar-refractivity contribution is -0.145. The average Bonchev–Trinajstić information content (AvgIpc) is 2.56. The fourth-order valence-electron chi connectivity index (χ4n) is 2.44. The second-order valence-corrected chi connectivity index (χ2v) is 3.85. The number of carboxylic acid groups (broad SMARTS) is 1. The molecule has 0 aromatic heterocycles. The van der Waals surface area contributed by atoms with E-state index in [-0.39, 0.29) is 0 Å². The smallest absolute Gasteiger partial charge is 0.323 e. The quantitative estimate of drug-likeness (QED) is 0.379. The Bertz CT molecular complexity index is 258. The number of fused-ring (bicyclic) bond motifs is 1. The van der Waals surface area contributed by atoms with Gasteiger partial charge in [-0.05, 0) is 6.42 Å². The normalized spacial score (nSPS) is 48.1. The Morgan fingerprint density at radius 3 is 2.43 bits per heavy atom. The monoisotopic (exact) mass is 203 g/mol. The molecule has 5 atom stereocenters. The maximum absolute atomic E-state index is 10.8. The number of hydrogen-bond donors (Lipinski definition) is 4. The number of aliphatic carboxylic acids is 1. The molecule has 80 valence electrons. The summed E-state index contributed by atoms with van der Waals surface area (Å²) in [4.78, 5) is 12.3. The highest BCUT2D eigenvalue weighted by atomic mass is 16.4. The van der Waals surface area contributed by atoms with E-state index < -0.39 is 36.4 Å². The molecule has 14 heavy (non-hydrogen) atoms. The van der Waals surface area contributed by atoms with E-state index in [4.69, 9.17) is 5.11 Å². The first-order valence-corrected chi connectivity index (χ1v) is 4.57. The number of aliphatic hydroxyl groups is 3. The first-order chi connectivity index (χ1) is 6.54. The van der Waals surface area contributed by atoms with Gasteiger partial charge in [0.25, 0.3) is 0 Å². The third-order valence-corrected chi connectivity index (χ3v) is 3.09. The average molecular weight is 203 g/mol.